The summed E-state index contributed by atoms with van der Waals surface area (Å²) in [5.41, 5.74) is 2.71. The van der Waals surface area contributed by atoms with Crippen molar-refractivity contribution >= 4 is 5.97 Å². The molecule has 0 N–H and O–H groups in total. The highest BCUT2D eigenvalue weighted by molar-refractivity contribution is 5.73. The topological polar surface area (TPSA) is 79.8 Å². The lowest BCUT2D eigenvalue weighted by Gasteiger charge is -2.10. The van der Waals surface area contributed by atoms with Gasteiger partial charge in [0.2, 0.25) is 6.29 Å². The van der Waals surface area contributed by atoms with E-state index in [2.05, 4.69) is 23.8 Å². The van der Waals surface area contributed by atoms with Crippen molar-refractivity contribution in [3.63, 3.8) is 0 Å². The van der Waals surface area contributed by atoms with E-state index in [1.165, 1.54) is 19.3 Å². The van der Waals surface area contributed by atoms with Crippen molar-refractivity contribution in [2.24, 2.45) is 0 Å². The molecule has 1 atom stereocenters. The maximum atomic E-state index is 12.0. The van der Waals surface area contributed by atoms with Crippen LogP contribution < -0.4 is 14.2 Å². The Balaban J connectivity index is 1.23. The molecule has 0 spiro atoms. The third-order valence-electron chi connectivity index (χ3n) is 6.90. The summed E-state index contributed by atoms with van der Waals surface area (Å²) >= 11 is 0. The fourth-order valence-electron chi connectivity index (χ4n) is 4.55. The molecule has 3 aromatic rings. The van der Waals surface area contributed by atoms with Crippen molar-refractivity contribution in [1.29, 1.82) is 0 Å². The van der Waals surface area contributed by atoms with Crippen LogP contribution in [0.15, 0.2) is 54.9 Å². The van der Waals surface area contributed by atoms with Crippen molar-refractivity contribution in [2.45, 2.75) is 90.8 Å². The van der Waals surface area contributed by atoms with E-state index in [1.807, 2.05) is 30.3 Å². The molecule has 0 bridgehead atoms. The zero-order valence-corrected chi connectivity index (χ0v) is 23.9. The number of fused-ring (bicyclic) bond motifs is 1. The van der Waals surface area contributed by atoms with E-state index in [0.29, 0.717) is 18.0 Å². The number of rotatable bonds is 17. The number of nitrogens with zero attached hydrogens (tertiary/aromatic N) is 2. The predicted molar refractivity (Wildman–Crippen MR) is 157 cm³/mol. The predicted octanol–water partition coefficient (Wildman–Crippen LogP) is 8.16. The van der Waals surface area contributed by atoms with Gasteiger partial charge in [-0.05, 0) is 61.6 Å². The standard InChI is InChI=1S/C33H42N2O5/c1-3-5-7-10-20-37-21-11-9-13-32-39-29-19-16-26(22-30(29)40-32)33-34-23-27(24-35-33)25-14-17-28(18-15-25)38-31(36)12-8-6-4-2/h14-19,22-24,32H,3-13,20-21H2,1-2H3. The molecule has 1 unspecified atom stereocenters. The second-order valence-corrected chi connectivity index (χ2v) is 10.2. The fourth-order valence-corrected chi connectivity index (χ4v) is 4.55. The van der Waals surface area contributed by atoms with Gasteiger partial charge in [-0.1, -0.05) is 58.1 Å². The number of aromatic nitrogens is 2. The van der Waals surface area contributed by atoms with Gasteiger partial charge in [0, 0.05) is 49.6 Å². The molecule has 0 saturated carbocycles. The van der Waals surface area contributed by atoms with Crippen LogP contribution in [0.4, 0.5) is 0 Å². The maximum Gasteiger partial charge on any atom is 0.311 e. The van der Waals surface area contributed by atoms with E-state index in [0.717, 1.165) is 86.3 Å². The summed E-state index contributed by atoms with van der Waals surface area (Å²) in [6.07, 6.45) is 14.5. The molecule has 0 aliphatic carbocycles. The van der Waals surface area contributed by atoms with Crippen LogP contribution in [0.2, 0.25) is 0 Å². The average molecular weight is 547 g/mol. The number of esters is 1. The molecule has 2 aromatic carbocycles. The van der Waals surface area contributed by atoms with Crippen molar-refractivity contribution in [1.82, 2.24) is 9.97 Å². The van der Waals surface area contributed by atoms with E-state index in [4.69, 9.17) is 18.9 Å². The van der Waals surface area contributed by atoms with Crippen molar-refractivity contribution in [2.75, 3.05) is 13.2 Å². The average Bonchev–Trinajstić information content (AvgIpc) is 3.39. The molecule has 0 amide bonds. The van der Waals surface area contributed by atoms with Gasteiger partial charge >= 0.3 is 5.97 Å². The first-order chi connectivity index (χ1) is 19.7. The second kappa shape index (κ2) is 16.0. The summed E-state index contributed by atoms with van der Waals surface area (Å²) < 4.78 is 23.2. The van der Waals surface area contributed by atoms with E-state index in [9.17, 15) is 4.79 Å². The number of carbonyl (C=O) groups excluding carboxylic acids is 1. The molecular weight excluding hydrogens is 504 g/mol. The number of benzene rings is 2. The molecule has 1 aliphatic heterocycles. The molecule has 1 aromatic heterocycles. The van der Waals surface area contributed by atoms with Gasteiger partial charge < -0.3 is 18.9 Å². The molecule has 0 fully saturated rings. The lowest BCUT2D eigenvalue weighted by molar-refractivity contribution is -0.134. The number of hydrogen-bond acceptors (Lipinski definition) is 7. The minimum atomic E-state index is -0.267. The monoisotopic (exact) mass is 546 g/mol. The highest BCUT2D eigenvalue weighted by Gasteiger charge is 2.24. The largest absolute Gasteiger partial charge is 0.451 e. The summed E-state index contributed by atoms with van der Waals surface area (Å²) in [5, 5.41) is 0. The second-order valence-electron chi connectivity index (χ2n) is 10.2. The van der Waals surface area contributed by atoms with E-state index < -0.39 is 0 Å². The van der Waals surface area contributed by atoms with Crippen LogP contribution in [0.1, 0.15) is 84.5 Å². The molecule has 0 saturated heterocycles. The highest BCUT2D eigenvalue weighted by atomic mass is 16.7. The highest BCUT2D eigenvalue weighted by Crippen LogP contribution is 2.38. The van der Waals surface area contributed by atoms with E-state index in [1.54, 1.807) is 24.5 Å². The van der Waals surface area contributed by atoms with E-state index >= 15 is 0 Å². The van der Waals surface area contributed by atoms with Gasteiger partial charge in [0.1, 0.15) is 5.75 Å². The van der Waals surface area contributed by atoms with Gasteiger partial charge in [-0.15, -0.1) is 0 Å². The van der Waals surface area contributed by atoms with Gasteiger partial charge in [-0.3, -0.25) is 4.79 Å². The van der Waals surface area contributed by atoms with Crippen molar-refractivity contribution in [3.05, 3.63) is 54.9 Å². The molecule has 0 radical (unpaired) electrons. The summed E-state index contributed by atoms with van der Waals surface area (Å²) in [7, 11) is 0. The number of carbonyl (C=O) groups is 1. The summed E-state index contributed by atoms with van der Waals surface area (Å²) in [6.45, 7) is 5.98. The first kappa shape index (κ1) is 29.5. The first-order valence-corrected chi connectivity index (χ1v) is 14.8. The molecule has 7 nitrogen and oxygen atoms in total. The smallest absolute Gasteiger partial charge is 0.311 e. The van der Waals surface area contributed by atoms with Crippen molar-refractivity contribution in [3.8, 4) is 39.8 Å². The quantitative estimate of drug-likeness (QED) is 0.0960. The van der Waals surface area contributed by atoms with Crippen molar-refractivity contribution < 1.29 is 23.7 Å². The van der Waals surface area contributed by atoms with Crippen LogP contribution in [0.25, 0.3) is 22.5 Å². The van der Waals surface area contributed by atoms with Crippen LogP contribution in [0.5, 0.6) is 17.2 Å². The molecular formula is C33H42N2O5. The number of ether oxygens (including phenoxy) is 4. The summed E-state index contributed by atoms with van der Waals surface area (Å²) in [6, 6.07) is 13.2. The van der Waals surface area contributed by atoms with E-state index in [-0.39, 0.29) is 12.3 Å². The Morgan fingerprint density at radius 3 is 2.17 bits per heavy atom. The summed E-state index contributed by atoms with van der Waals surface area (Å²) in [5.74, 6) is 2.45. The van der Waals surface area contributed by atoms with Crippen LogP contribution in [-0.2, 0) is 9.53 Å². The third-order valence-corrected chi connectivity index (χ3v) is 6.90. The Hall–Kier alpha value is -3.45. The molecule has 2 heterocycles. The number of unbranched alkanes of at least 4 members (excludes halogenated alkanes) is 6. The van der Waals surface area contributed by atoms with Gasteiger partial charge in [0.05, 0.1) is 0 Å². The fraction of sp³-hybridized carbons (Fsp3) is 0.485. The Morgan fingerprint density at radius 2 is 1.43 bits per heavy atom. The molecule has 7 heteroatoms. The van der Waals surface area contributed by atoms with Gasteiger partial charge in [-0.2, -0.15) is 0 Å². The normalized spacial score (nSPS) is 13.9. The van der Waals surface area contributed by atoms with Crippen LogP contribution in [0.3, 0.4) is 0 Å². The van der Waals surface area contributed by atoms with Crippen LogP contribution in [0, 0.1) is 0 Å². The Bertz CT molecular complexity index is 1180. The Morgan fingerprint density at radius 1 is 0.750 bits per heavy atom. The zero-order chi connectivity index (χ0) is 28.0. The molecule has 214 valence electrons. The van der Waals surface area contributed by atoms with Gasteiger partial charge in [0.15, 0.2) is 17.3 Å². The molecule has 4 rings (SSSR count). The Kier molecular flexibility index (Phi) is 11.8. The maximum absolute atomic E-state index is 12.0. The lowest BCUT2D eigenvalue weighted by atomic mass is 10.1. The third kappa shape index (κ3) is 9.05. The first-order valence-electron chi connectivity index (χ1n) is 14.8. The zero-order valence-electron chi connectivity index (χ0n) is 23.9. The lowest BCUT2D eigenvalue weighted by Crippen LogP contribution is -2.17. The molecule has 40 heavy (non-hydrogen) atoms. The Labute approximate surface area is 238 Å². The molecule has 1 aliphatic rings. The SMILES string of the molecule is CCCCCCOCCCCC1Oc2ccc(-c3ncc(-c4ccc(OC(=O)CCCCC)cc4)cn3)cc2O1. The van der Waals surface area contributed by atoms with Gasteiger partial charge in [-0.25, -0.2) is 9.97 Å². The van der Waals surface area contributed by atoms with Gasteiger partial charge in [0.25, 0.3) is 0 Å². The van der Waals surface area contributed by atoms with Crippen LogP contribution >= 0.6 is 0 Å². The minimum absolute atomic E-state index is 0.193. The number of hydrogen-bond donors (Lipinski definition) is 0. The minimum Gasteiger partial charge on any atom is -0.451 e. The summed E-state index contributed by atoms with van der Waals surface area (Å²) in [4.78, 5) is 21.1. The van der Waals surface area contributed by atoms with Crippen LogP contribution in [-0.4, -0.2) is 35.4 Å².